The van der Waals surface area contributed by atoms with Crippen LogP contribution in [0.25, 0.3) is 11.3 Å². The Kier molecular flexibility index (Phi) is 4.17. The van der Waals surface area contributed by atoms with E-state index in [-0.39, 0.29) is 0 Å². The van der Waals surface area contributed by atoms with Crippen LogP contribution in [0.3, 0.4) is 0 Å². The van der Waals surface area contributed by atoms with E-state index < -0.39 is 0 Å². The Balaban J connectivity index is 1.33. The van der Waals surface area contributed by atoms with Crippen LogP contribution in [0.4, 0.5) is 0 Å². The lowest BCUT2D eigenvalue weighted by molar-refractivity contribution is 0.307. The van der Waals surface area contributed by atoms with Gasteiger partial charge < -0.3 is 9.30 Å². The van der Waals surface area contributed by atoms with Crippen LogP contribution in [0.1, 0.15) is 11.4 Å². The van der Waals surface area contributed by atoms with E-state index in [9.17, 15) is 0 Å². The average Bonchev–Trinajstić information content (AvgIpc) is 3.29. The number of likely N-dealkylation sites (tertiary alicyclic amines) is 1. The maximum Gasteiger partial charge on any atom is 0.118 e. The van der Waals surface area contributed by atoms with E-state index in [1.54, 1.807) is 7.11 Å². The Morgan fingerprint density at radius 2 is 1.89 bits per heavy atom. The first-order valence-corrected chi connectivity index (χ1v) is 9.60. The van der Waals surface area contributed by atoms with Crippen molar-refractivity contribution < 1.29 is 4.74 Å². The number of aromatic nitrogens is 3. The second-order valence-electron chi connectivity index (χ2n) is 7.68. The summed E-state index contributed by atoms with van der Waals surface area (Å²) in [5.74, 6) is 3.52. The number of fused-ring (bicyclic) bond motifs is 2. The number of nitrogens with zero attached hydrogens (tertiary/aromatic N) is 4. The van der Waals surface area contributed by atoms with E-state index >= 15 is 0 Å². The van der Waals surface area contributed by atoms with Crippen LogP contribution in [0.15, 0.2) is 55.0 Å². The standard InChI is InChI=1S/C22H24N4O/c1-27-20-6-4-17(5-7-20)21-11-24-22-9-18-13-25(14-19(18)15-26(21)22)12-16-3-2-8-23-10-16/h2-8,10-11,18-19H,9,12-15H2,1H3/t18-,19+/m0/s1. The van der Waals surface area contributed by atoms with Gasteiger partial charge in [0.2, 0.25) is 0 Å². The van der Waals surface area contributed by atoms with Crippen LogP contribution in [-0.4, -0.2) is 39.6 Å². The van der Waals surface area contributed by atoms with Gasteiger partial charge in [-0.3, -0.25) is 9.88 Å². The molecule has 5 rings (SSSR count). The Labute approximate surface area is 159 Å². The van der Waals surface area contributed by atoms with Gasteiger partial charge in [0.25, 0.3) is 0 Å². The number of rotatable bonds is 4. The third-order valence-electron chi connectivity index (χ3n) is 5.97. The van der Waals surface area contributed by atoms with E-state index in [0.29, 0.717) is 11.8 Å². The molecule has 1 aromatic carbocycles. The molecule has 2 aliphatic heterocycles. The highest BCUT2D eigenvalue weighted by Gasteiger charge is 2.37. The summed E-state index contributed by atoms with van der Waals surface area (Å²) in [6.07, 6.45) is 6.93. The van der Waals surface area contributed by atoms with Crippen molar-refractivity contribution in [3.05, 3.63) is 66.4 Å². The summed E-state index contributed by atoms with van der Waals surface area (Å²) in [4.78, 5) is 11.6. The first kappa shape index (κ1) is 16.5. The Hall–Kier alpha value is -2.66. The first-order valence-electron chi connectivity index (χ1n) is 9.60. The van der Waals surface area contributed by atoms with E-state index in [4.69, 9.17) is 9.72 Å². The van der Waals surface area contributed by atoms with E-state index in [2.05, 4.69) is 32.7 Å². The Bertz CT molecular complexity index is 919. The van der Waals surface area contributed by atoms with Gasteiger partial charge in [0.1, 0.15) is 11.6 Å². The fourth-order valence-electron chi connectivity index (χ4n) is 4.59. The van der Waals surface area contributed by atoms with Gasteiger partial charge in [-0.05, 0) is 47.7 Å². The molecular formula is C22H24N4O. The van der Waals surface area contributed by atoms with Crippen molar-refractivity contribution in [3.63, 3.8) is 0 Å². The Morgan fingerprint density at radius 3 is 2.67 bits per heavy atom. The van der Waals surface area contributed by atoms with Crippen LogP contribution >= 0.6 is 0 Å². The number of hydrogen-bond acceptors (Lipinski definition) is 4. The molecule has 4 heterocycles. The van der Waals surface area contributed by atoms with E-state index in [1.807, 2.05) is 36.8 Å². The van der Waals surface area contributed by atoms with Crippen LogP contribution < -0.4 is 4.74 Å². The maximum atomic E-state index is 5.28. The quantitative estimate of drug-likeness (QED) is 0.716. The van der Waals surface area contributed by atoms with Crippen LogP contribution in [0.2, 0.25) is 0 Å². The lowest BCUT2D eigenvalue weighted by Crippen LogP contribution is -2.28. The SMILES string of the molecule is COc1ccc(-c2cnc3n2C[C@H]2CN(Cc4cccnc4)C[C@@H]2C3)cc1. The van der Waals surface area contributed by atoms with Gasteiger partial charge in [-0.15, -0.1) is 0 Å². The molecule has 27 heavy (non-hydrogen) atoms. The summed E-state index contributed by atoms with van der Waals surface area (Å²) in [5.41, 5.74) is 3.72. The molecule has 0 radical (unpaired) electrons. The molecule has 5 heteroatoms. The summed E-state index contributed by atoms with van der Waals surface area (Å²) in [7, 11) is 1.70. The van der Waals surface area contributed by atoms with Gasteiger partial charge in [0, 0.05) is 50.6 Å². The maximum absolute atomic E-state index is 5.28. The highest BCUT2D eigenvalue weighted by Crippen LogP contribution is 2.36. The molecular weight excluding hydrogens is 336 g/mol. The molecule has 0 N–H and O–H groups in total. The highest BCUT2D eigenvalue weighted by molar-refractivity contribution is 5.60. The lowest BCUT2D eigenvalue weighted by Gasteiger charge is -2.27. The van der Waals surface area contributed by atoms with Crippen molar-refractivity contribution in [3.8, 4) is 17.0 Å². The second kappa shape index (κ2) is 6.82. The number of pyridine rings is 1. The smallest absolute Gasteiger partial charge is 0.118 e. The third-order valence-corrected chi connectivity index (χ3v) is 5.97. The van der Waals surface area contributed by atoms with Crippen molar-refractivity contribution in [2.24, 2.45) is 11.8 Å². The minimum absolute atomic E-state index is 0.695. The van der Waals surface area contributed by atoms with Gasteiger partial charge >= 0.3 is 0 Å². The van der Waals surface area contributed by atoms with Gasteiger partial charge in [0.05, 0.1) is 19.0 Å². The molecule has 138 valence electrons. The molecule has 1 fully saturated rings. The predicted molar refractivity (Wildman–Crippen MR) is 104 cm³/mol. The zero-order valence-electron chi connectivity index (χ0n) is 15.6. The molecule has 0 bridgehead atoms. The lowest BCUT2D eigenvalue weighted by atomic mass is 9.89. The zero-order chi connectivity index (χ0) is 18.2. The average molecular weight is 360 g/mol. The normalized spacial score (nSPS) is 21.7. The first-order chi connectivity index (χ1) is 13.3. The molecule has 0 unspecified atom stereocenters. The summed E-state index contributed by atoms with van der Waals surface area (Å²) in [5, 5.41) is 0. The van der Waals surface area contributed by atoms with Crippen molar-refractivity contribution in [1.82, 2.24) is 19.4 Å². The van der Waals surface area contributed by atoms with Gasteiger partial charge in [-0.25, -0.2) is 4.98 Å². The number of hydrogen-bond donors (Lipinski definition) is 0. The minimum Gasteiger partial charge on any atom is -0.497 e. The molecule has 0 amide bonds. The van der Waals surface area contributed by atoms with Crippen molar-refractivity contribution >= 4 is 0 Å². The summed E-state index contributed by atoms with van der Waals surface area (Å²) < 4.78 is 7.71. The van der Waals surface area contributed by atoms with Gasteiger partial charge in [-0.1, -0.05) is 6.07 Å². The summed E-state index contributed by atoms with van der Waals surface area (Å²) in [6, 6.07) is 12.5. The zero-order valence-corrected chi connectivity index (χ0v) is 15.6. The van der Waals surface area contributed by atoms with Crippen molar-refractivity contribution in [2.75, 3.05) is 20.2 Å². The molecule has 0 spiro atoms. The number of imidazole rings is 1. The van der Waals surface area contributed by atoms with Gasteiger partial charge in [0.15, 0.2) is 0 Å². The second-order valence-corrected chi connectivity index (χ2v) is 7.68. The molecule has 1 saturated heterocycles. The fourth-order valence-corrected chi connectivity index (χ4v) is 4.59. The van der Waals surface area contributed by atoms with Crippen LogP contribution in [-0.2, 0) is 19.5 Å². The van der Waals surface area contributed by atoms with Crippen LogP contribution in [0.5, 0.6) is 5.75 Å². The number of benzene rings is 1. The predicted octanol–water partition coefficient (Wildman–Crippen LogP) is 3.26. The third kappa shape index (κ3) is 3.12. The molecule has 0 aliphatic carbocycles. The van der Waals surface area contributed by atoms with Crippen molar-refractivity contribution in [1.29, 1.82) is 0 Å². The molecule has 2 aliphatic rings. The molecule has 3 aromatic rings. The number of methoxy groups -OCH3 is 1. The highest BCUT2D eigenvalue weighted by atomic mass is 16.5. The summed E-state index contributed by atoms with van der Waals surface area (Å²) >= 11 is 0. The topological polar surface area (TPSA) is 43.2 Å². The largest absolute Gasteiger partial charge is 0.497 e. The summed E-state index contributed by atoms with van der Waals surface area (Å²) in [6.45, 7) is 4.36. The minimum atomic E-state index is 0.695. The number of ether oxygens (including phenoxy) is 1. The van der Waals surface area contributed by atoms with Crippen LogP contribution in [0, 0.1) is 11.8 Å². The Morgan fingerprint density at radius 1 is 1.04 bits per heavy atom. The molecule has 5 nitrogen and oxygen atoms in total. The monoisotopic (exact) mass is 360 g/mol. The molecule has 0 saturated carbocycles. The molecule has 2 aromatic heterocycles. The molecule has 2 atom stereocenters. The van der Waals surface area contributed by atoms with Gasteiger partial charge in [-0.2, -0.15) is 0 Å². The van der Waals surface area contributed by atoms with E-state index in [1.165, 1.54) is 22.6 Å². The van der Waals surface area contributed by atoms with Crippen molar-refractivity contribution in [2.45, 2.75) is 19.5 Å². The van der Waals surface area contributed by atoms with E-state index in [0.717, 1.165) is 38.3 Å². The fraction of sp³-hybridized carbons (Fsp3) is 0.364.